The summed E-state index contributed by atoms with van der Waals surface area (Å²) in [6.45, 7) is 1.97. The molecule has 1 aliphatic heterocycles. The van der Waals surface area contributed by atoms with E-state index in [9.17, 15) is 4.39 Å². The van der Waals surface area contributed by atoms with Crippen molar-refractivity contribution in [2.45, 2.75) is 12.8 Å². The van der Waals surface area contributed by atoms with E-state index in [0.717, 1.165) is 25.9 Å². The number of hydrogen-bond donors (Lipinski definition) is 1. The molecule has 1 fully saturated rings. The number of rotatable bonds is 2. The van der Waals surface area contributed by atoms with E-state index in [1.54, 1.807) is 12.1 Å². The molecule has 0 radical (unpaired) electrons. The molecule has 0 amide bonds. The molecule has 0 aliphatic carbocycles. The first-order valence-electron chi connectivity index (χ1n) is 5.54. The van der Waals surface area contributed by atoms with Gasteiger partial charge in [0.2, 0.25) is 0 Å². The molecule has 1 aromatic rings. The van der Waals surface area contributed by atoms with E-state index in [0.29, 0.717) is 11.3 Å². The Morgan fingerprint density at radius 3 is 2.75 bits per heavy atom. The molecule has 0 atom stereocenters. The average Bonchev–Trinajstić information content (AvgIpc) is 2.33. The zero-order valence-corrected chi connectivity index (χ0v) is 9.42. The van der Waals surface area contributed by atoms with Crippen LogP contribution in [0.15, 0.2) is 23.8 Å². The van der Waals surface area contributed by atoms with Crippen molar-refractivity contribution in [3.8, 4) is 5.75 Å². The molecule has 0 unspecified atom stereocenters. The van der Waals surface area contributed by atoms with Crippen molar-refractivity contribution in [2.24, 2.45) is 0 Å². The third kappa shape index (κ3) is 2.42. The molecule has 1 aliphatic rings. The summed E-state index contributed by atoms with van der Waals surface area (Å²) in [5.74, 6) is 0.0410. The lowest BCUT2D eigenvalue weighted by atomic mass is 10.0. The first-order chi connectivity index (χ1) is 7.81. The van der Waals surface area contributed by atoms with Gasteiger partial charge in [-0.25, -0.2) is 4.39 Å². The van der Waals surface area contributed by atoms with Crippen LogP contribution in [0.4, 0.5) is 4.39 Å². The summed E-state index contributed by atoms with van der Waals surface area (Å²) in [7, 11) is 1.49. The van der Waals surface area contributed by atoms with Gasteiger partial charge in [0.1, 0.15) is 0 Å². The van der Waals surface area contributed by atoms with E-state index in [-0.39, 0.29) is 5.82 Å². The van der Waals surface area contributed by atoms with Crippen LogP contribution in [0.3, 0.4) is 0 Å². The van der Waals surface area contributed by atoms with Crippen molar-refractivity contribution in [3.63, 3.8) is 0 Å². The molecule has 1 saturated heterocycles. The molecule has 1 aromatic carbocycles. The maximum absolute atomic E-state index is 13.8. The summed E-state index contributed by atoms with van der Waals surface area (Å²) in [5, 5.41) is 3.28. The molecule has 86 valence electrons. The van der Waals surface area contributed by atoms with Gasteiger partial charge in [-0.3, -0.25) is 0 Å². The highest BCUT2D eigenvalue weighted by Gasteiger charge is 2.09. The maximum atomic E-state index is 13.8. The van der Waals surface area contributed by atoms with Crippen LogP contribution in [-0.2, 0) is 0 Å². The third-order valence-corrected chi connectivity index (χ3v) is 2.82. The zero-order chi connectivity index (χ0) is 11.4. The van der Waals surface area contributed by atoms with Crippen LogP contribution < -0.4 is 10.1 Å². The fourth-order valence-electron chi connectivity index (χ4n) is 1.91. The number of benzene rings is 1. The van der Waals surface area contributed by atoms with Gasteiger partial charge >= 0.3 is 0 Å². The Hall–Kier alpha value is -1.35. The van der Waals surface area contributed by atoms with Gasteiger partial charge in [0, 0.05) is 5.56 Å². The van der Waals surface area contributed by atoms with Crippen LogP contribution in [0.25, 0.3) is 6.08 Å². The summed E-state index contributed by atoms with van der Waals surface area (Å²) >= 11 is 0. The summed E-state index contributed by atoms with van der Waals surface area (Å²) in [4.78, 5) is 0. The smallest absolute Gasteiger partial charge is 0.172 e. The number of piperidine rings is 1. The minimum Gasteiger partial charge on any atom is -0.494 e. The molecule has 0 spiro atoms. The fourth-order valence-corrected chi connectivity index (χ4v) is 1.91. The van der Waals surface area contributed by atoms with Crippen molar-refractivity contribution in [3.05, 3.63) is 35.2 Å². The summed E-state index contributed by atoms with van der Waals surface area (Å²) < 4.78 is 18.8. The quantitative estimate of drug-likeness (QED) is 0.828. The first kappa shape index (κ1) is 11.1. The van der Waals surface area contributed by atoms with Crippen LogP contribution in [0, 0.1) is 5.82 Å². The Labute approximate surface area is 95.1 Å². The Morgan fingerprint density at radius 2 is 2.06 bits per heavy atom. The minimum atomic E-state index is -0.268. The second-order valence-corrected chi connectivity index (χ2v) is 3.92. The maximum Gasteiger partial charge on any atom is 0.172 e. The van der Waals surface area contributed by atoms with Crippen LogP contribution >= 0.6 is 0 Å². The predicted octanol–water partition coefficient (Wildman–Crippen LogP) is 2.60. The van der Waals surface area contributed by atoms with Crippen molar-refractivity contribution < 1.29 is 9.13 Å². The summed E-state index contributed by atoms with van der Waals surface area (Å²) in [5.41, 5.74) is 1.92. The average molecular weight is 221 g/mol. The Bertz CT molecular complexity index is 393. The van der Waals surface area contributed by atoms with Crippen molar-refractivity contribution in [2.75, 3.05) is 20.2 Å². The van der Waals surface area contributed by atoms with Crippen LogP contribution in [-0.4, -0.2) is 20.2 Å². The van der Waals surface area contributed by atoms with E-state index in [2.05, 4.69) is 5.32 Å². The highest BCUT2D eigenvalue weighted by molar-refractivity contribution is 5.56. The molecular weight excluding hydrogens is 205 g/mol. The largest absolute Gasteiger partial charge is 0.494 e. The molecule has 16 heavy (non-hydrogen) atoms. The number of methoxy groups -OCH3 is 1. The molecule has 2 rings (SSSR count). The Morgan fingerprint density at radius 1 is 1.31 bits per heavy atom. The summed E-state index contributed by atoms with van der Waals surface area (Å²) in [6, 6.07) is 5.24. The van der Waals surface area contributed by atoms with Gasteiger partial charge < -0.3 is 10.1 Å². The van der Waals surface area contributed by atoms with Crippen LogP contribution in [0.2, 0.25) is 0 Å². The van der Waals surface area contributed by atoms with E-state index in [1.165, 1.54) is 12.7 Å². The van der Waals surface area contributed by atoms with Gasteiger partial charge in [-0.1, -0.05) is 23.8 Å². The van der Waals surface area contributed by atoms with Gasteiger partial charge in [0.25, 0.3) is 0 Å². The standard InChI is InChI=1S/C13H16FNO/c1-16-12-4-2-3-11(13(12)14)9-10-5-7-15-8-6-10/h2-4,9,15H,5-8H2,1H3. The molecule has 0 aromatic heterocycles. The van der Waals surface area contributed by atoms with Gasteiger partial charge in [-0.05, 0) is 32.0 Å². The SMILES string of the molecule is COc1cccc(C=C2CCNCC2)c1F. The van der Waals surface area contributed by atoms with Gasteiger partial charge in [0.05, 0.1) is 7.11 Å². The third-order valence-electron chi connectivity index (χ3n) is 2.82. The first-order valence-corrected chi connectivity index (χ1v) is 5.54. The molecule has 0 bridgehead atoms. The second-order valence-electron chi connectivity index (χ2n) is 3.92. The monoisotopic (exact) mass is 221 g/mol. The molecule has 2 nitrogen and oxygen atoms in total. The van der Waals surface area contributed by atoms with E-state index < -0.39 is 0 Å². The minimum absolute atomic E-state index is 0.268. The van der Waals surface area contributed by atoms with Crippen LogP contribution in [0.5, 0.6) is 5.75 Å². The fraction of sp³-hybridized carbons (Fsp3) is 0.385. The zero-order valence-electron chi connectivity index (χ0n) is 9.42. The molecule has 1 N–H and O–H groups in total. The number of nitrogens with one attached hydrogen (secondary N) is 1. The van der Waals surface area contributed by atoms with E-state index in [1.807, 2.05) is 12.1 Å². The molecule has 1 heterocycles. The van der Waals surface area contributed by atoms with Crippen molar-refractivity contribution >= 4 is 6.08 Å². The Balaban J connectivity index is 2.26. The van der Waals surface area contributed by atoms with Crippen molar-refractivity contribution in [1.29, 1.82) is 0 Å². The molecule has 0 saturated carbocycles. The molecule has 3 heteroatoms. The normalized spacial score (nSPS) is 16.0. The van der Waals surface area contributed by atoms with Gasteiger partial charge in [-0.2, -0.15) is 0 Å². The highest BCUT2D eigenvalue weighted by Crippen LogP contribution is 2.23. The summed E-state index contributed by atoms with van der Waals surface area (Å²) in [6.07, 6.45) is 3.94. The van der Waals surface area contributed by atoms with E-state index in [4.69, 9.17) is 4.74 Å². The molecular formula is C13H16FNO. The lowest BCUT2D eigenvalue weighted by Gasteiger charge is -2.15. The highest BCUT2D eigenvalue weighted by atomic mass is 19.1. The topological polar surface area (TPSA) is 21.3 Å². The van der Waals surface area contributed by atoms with Gasteiger partial charge in [0.15, 0.2) is 11.6 Å². The predicted molar refractivity (Wildman–Crippen MR) is 63.0 cm³/mol. The lowest BCUT2D eigenvalue weighted by molar-refractivity contribution is 0.386. The number of ether oxygens (including phenoxy) is 1. The lowest BCUT2D eigenvalue weighted by Crippen LogP contribution is -2.22. The Kier molecular flexibility index (Phi) is 3.57. The van der Waals surface area contributed by atoms with Crippen LogP contribution in [0.1, 0.15) is 18.4 Å². The van der Waals surface area contributed by atoms with E-state index >= 15 is 0 Å². The number of halogens is 1. The van der Waals surface area contributed by atoms with Gasteiger partial charge in [-0.15, -0.1) is 0 Å². The van der Waals surface area contributed by atoms with Crippen molar-refractivity contribution in [1.82, 2.24) is 5.32 Å². The number of hydrogen-bond acceptors (Lipinski definition) is 2. The second kappa shape index (κ2) is 5.12.